The lowest BCUT2D eigenvalue weighted by Crippen LogP contribution is -2.53. The van der Waals surface area contributed by atoms with Gasteiger partial charge in [-0.25, -0.2) is 0 Å². The van der Waals surface area contributed by atoms with Gasteiger partial charge in [0.05, 0.1) is 30.6 Å². The fourth-order valence-corrected chi connectivity index (χ4v) is 1.37. The zero-order valence-corrected chi connectivity index (χ0v) is 9.49. The van der Waals surface area contributed by atoms with Crippen molar-refractivity contribution in [2.75, 3.05) is 13.2 Å². The predicted octanol–water partition coefficient (Wildman–Crippen LogP) is 0.451. The van der Waals surface area contributed by atoms with Crippen LogP contribution in [0.25, 0.3) is 0 Å². The van der Waals surface area contributed by atoms with Crippen LogP contribution >= 0.6 is 0 Å². The summed E-state index contributed by atoms with van der Waals surface area (Å²) < 4.78 is 5.02. The van der Waals surface area contributed by atoms with Crippen LogP contribution in [0.2, 0.25) is 0 Å². The molecule has 0 bridgehead atoms. The molecule has 0 unspecified atom stereocenters. The number of nitrogens with one attached hydrogen (secondary N) is 1. The fraction of sp³-hybridized carbons (Fsp3) is 0.545. The molecule has 0 aliphatic heterocycles. The molecule has 0 aromatic carbocycles. The predicted molar refractivity (Wildman–Crippen MR) is 58.1 cm³/mol. The Balaban J connectivity index is 2.81. The van der Waals surface area contributed by atoms with E-state index >= 15 is 0 Å². The van der Waals surface area contributed by atoms with E-state index in [4.69, 9.17) is 4.42 Å². The Morgan fingerprint density at radius 2 is 2.12 bits per heavy atom. The average Bonchev–Trinajstić information content (AvgIpc) is 2.72. The van der Waals surface area contributed by atoms with Crippen LogP contribution in [-0.2, 0) is 0 Å². The van der Waals surface area contributed by atoms with Crippen molar-refractivity contribution in [2.24, 2.45) is 0 Å². The molecule has 5 nitrogen and oxygen atoms in total. The third-order valence-corrected chi connectivity index (χ3v) is 2.76. The van der Waals surface area contributed by atoms with Crippen molar-refractivity contribution in [3.05, 3.63) is 23.7 Å². The number of carbonyl (C=O) groups is 1. The van der Waals surface area contributed by atoms with Gasteiger partial charge in [-0.3, -0.25) is 4.79 Å². The highest BCUT2D eigenvalue weighted by molar-refractivity contribution is 5.95. The summed E-state index contributed by atoms with van der Waals surface area (Å²) in [5.74, 6) is 0.162. The molecule has 5 heteroatoms. The molecule has 1 aromatic rings. The van der Waals surface area contributed by atoms with Gasteiger partial charge in [-0.05, 0) is 19.4 Å². The van der Waals surface area contributed by atoms with Gasteiger partial charge < -0.3 is 19.9 Å². The SMILES string of the molecule is CCC(CO)(CO)NC(=O)c1ccoc1C. The molecule has 0 aliphatic carbocycles. The molecule has 0 spiro atoms. The lowest BCUT2D eigenvalue weighted by molar-refractivity contribution is 0.0651. The Hall–Kier alpha value is -1.33. The molecule has 1 rings (SSSR count). The normalized spacial score (nSPS) is 11.5. The van der Waals surface area contributed by atoms with E-state index in [1.54, 1.807) is 19.9 Å². The monoisotopic (exact) mass is 227 g/mol. The molecule has 16 heavy (non-hydrogen) atoms. The minimum absolute atomic E-state index is 0.303. The number of aryl methyl sites for hydroxylation is 1. The number of amides is 1. The summed E-state index contributed by atoms with van der Waals surface area (Å²) in [7, 11) is 0. The fourth-order valence-electron chi connectivity index (χ4n) is 1.37. The van der Waals surface area contributed by atoms with E-state index in [2.05, 4.69) is 5.32 Å². The largest absolute Gasteiger partial charge is 0.469 e. The van der Waals surface area contributed by atoms with Gasteiger partial charge >= 0.3 is 0 Å². The van der Waals surface area contributed by atoms with Gasteiger partial charge in [-0.1, -0.05) is 6.92 Å². The molecule has 90 valence electrons. The summed E-state index contributed by atoms with van der Waals surface area (Å²) >= 11 is 0. The number of hydrogen-bond acceptors (Lipinski definition) is 4. The first-order chi connectivity index (χ1) is 7.58. The molecule has 3 N–H and O–H groups in total. The topological polar surface area (TPSA) is 82.7 Å². The molecular formula is C11H17NO4. The smallest absolute Gasteiger partial charge is 0.255 e. The van der Waals surface area contributed by atoms with Gasteiger partial charge in [0.2, 0.25) is 0 Å². The summed E-state index contributed by atoms with van der Waals surface area (Å²) in [5, 5.41) is 21.0. The summed E-state index contributed by atoms with van der Waals surface area (Å²) in [6, 6.07) is 1.56. The first-order valence-corrected chi connectivity index (χ1v) is 5.17. The lowest BCUT2D eigenvalue weighted by Gasteiger charge is -2.29. The maximum Gasteiger partial charge on any atom is 0.255 e. The van der Waals surface area contributed by atoms with Crippen LogP contribution in [-0.4, -0.2) is 34.9 Å². The minimum atomic E-state index is -0.971. The van der Waals surface area contributed by atoms with E-state index in [9.17, 15) is 15.0 Å². The molecule has 0 atom stereocenters. The maximum absolute atomic E-state index is 11.8. The zero-order valence-electron chi connectivity index (χ0n) is 9.49. The Labute approximate surface area is 94.1 Å². The van der Waals surface area contributed by atoms with Crippen LogP contribution in [0.3, 0.4) is 0 Å². The Morgan fingerprint density at radius 1 is 1.50 bits per heavy atom. The number of carbonyl (C=O) groups excluding carboxylic acids is 1. The van der Waals surface area contributed by atoms with Gasteiger partial charge in [-0.2, -0.15) is 0 Å². The summed E-state index contributed by atoms with van der Waals surface area (Å²) in [6.07, 6.45) is 1.87. The third kappa shape index (κ3) is 2.43. The molecule has 0 saturated heterocycles. The number of aliphatic hydroxyl groups excluding tert-OH is 2. The summed E-state index contributed by atoms with van der Waals surface area (Å²) in [4.78, 5) is 11.8. The van der Waals surface area contributed by atoms with Crippen molar-refractivity contribution in [3.63, 3.8) is 0 Å². The average molecular weight is 227 g/mol. The molecule has 1 aromatic heterocycles. The van der Waals surface area contributed by atoms with Crippen LogP contribution in [0.1, 0.15) is 29.5 Å². The quantitative estimate of drug-likeness (QED) is 0.682. The van der Waals surface area contributed by atoms with E-state index in [0.29, 0.717) is 17.7 Å². The van der Waals surface area contributed by atoms with Gasteiger partial charge in [0.15, 0.2) is 0 Å². The van der Waals surface area contributed by atoms with Crippen LogP contribution in [0.5, 0.6) is 0 Å². The van der Waals surface area contributed by atoms with E-state index in [0.717, 1.165) is 0 Å². The van der Waals surface area contributed by atoms with Gasteiger partial charge in [-0.15, -0.1) is 0 Å². The van der Waals surface area contributed by atoms with Gasteiger partial charge in [0.1, 0.15) is 5.76 Å². The van der Waals surface area contributed by atoms with Crippen LogP contribution in [0.15, 0.2) is 16.7 Å². The second-order valence-electron chi connectivity index (χ2n) is 3.79. The molecular weight excluding hydrogens is 210 g/mol. The summed E-state index contributed by atoms with van der Waals surface area (Å²) in [5.41, 5.74) is -0.555. The van der Waals surface area contributed by atoms with Gasteiger partial charge in [0.25, 0.3) is 5.91 Å². The van der Waals surface area contributed by atoms with Crippen LogP contribution < -0.4 is 5.32 Å². The first-order valence-electron chi connectivity index (χ1n) is 5.17. The first kappa shape index (κ1) is 12.7. The second kappa shape index (κ2) is 5.14. The highest BCUT2D eigenvalue weighted by Gasteiger charge is 2.29. The molecule has 0 aliphatic rings. The molecule has 0 saturated carbocycles. The minimum Gasteiger partial charge on any atom is -0.469 e. The van der Waals surface area contributed by atoms with Crippen molar-refractivity contribution in [1.82, 2.24) is 5.32 Å². The number of furan rings is 1. The molecule has 1 amide bonds. The number of aliphatic hydroxyl groups is 2. The standard InChI is InChI=1S/C11H17NO4/c1-3-11(6-13,7-14)12-10(15)9-4-5-16-8(9)2/h4-5,13-14H,3,6-7H2,1-2H3,(H,12,15). The van der Waals surface area contributed by atoms with Gasteiger partial charge in [0, 0.05) is 0 Å². The summed E-state index contributed by atoms with van der Waals surface area (Å²) in [6.45, 7) is 2.86. The number of hydrogen-bond donors (Lipinski definition) is 3. The Bertz CT molecular complexity index is 346. The lowest BCUT2D eigenvalue weighted by atomic mass is 9.98. The van der Waals surface area contributed by atoms with Crippen LogP contribution in [0, 0.1) is 6.92 Å². The van der Waals surface area contributed by atoms with Crippen molar-refractivity contribution in [3.8, 4) is 0 Å². The van der Waals surface area contributed by atoms with Crippen molar-refractivity contribution >= 4 is 5.91 Å². The van der Waals surface area contributed by atoms with Crippen molar-refractivity contribution < 1.29 is 19.4 Å². The second-order valence-corrected chi connectivity index (χ2v) is 3.79. The van der Waals surface area contributed by atoms with Crippen molar-refractivity contribution in [2.45, 2.75) is 25.8 Å². The zero-order chi connectivity index (χ0) is 12.2. The molecule has 1 heterocycles. The highest BCUT2D eigenvalue weighted by Crippen LogP contribution is 2.13. The highest BCUT2D eigenvalue weighted by atomic mass is 16.3. The van der Waals surface area contributed by atoms with E-state index in [1.807, 2.05) is 0 Å². The third-order valence-electron chi connectivity index (χ3n) is 2.76. The van der Waals surface area contributed by atoms with Crippen LogP contribution in [0.4, 0.5) is 0 Å². The number of rotatable bonds is 5. The molecule has 0 radical (unpaired) electrons. The van der Waals surface area contributed by atoms with Crippen molar-refractivity contribution in [1.29, 1.82) is 0 Å². The Kier molecular flexibility index (Phi) is 4.09. The molecule has 0 fully saturated rings. The van der Waals surface area contributed by atoms with E-state index in [-0.39, 0.29) is 19.1 Å². The Morgan fingerprint density at radius 3 is 2.50 bits per heavy atom. The maximum atomic E-state index is 11.8. The van der Waals surface area contributed by atoms with E-state index < -0.39 is 5.54 Å². The van der Waals surface area contributed by atoms with E-state index in [1.165, 1.54) is 6.26 Å².